The Balaban J connectivity index is 1.89. The zero-order valence-corrected chi connectivity index (χ0v) is 12.4. The Bertz CT molecular complexity index is 635. The lowest BCUT2D eigenvalue weighted by Crippen LogP contribution is -2.40. The quantitative estimate of drug-likeness (QED) is 0.866. The van der Waals surface area contributed by atoms with Gasteiger partial charge in [0.25, 0.3) is 0 Å². The fourth-order valence-electron chi connectivity index (χ4n) is 2.50. The number of urea groups is 1. The lowest BCUT2D eigenvalue weighted by atomic mass is 10.0. The van der Waals surface area contributed by atoms with Crippen LogP contribution in [-0.4, -0.2) is 35.5 Å². The third-order valence-corrected chi connectivity index (χ3v) is 4.61. The van der Waals surface area contributed by atoms with E-state index >= 15 is 0 Å². The van der Waals surface area contributed by atoms with Crippen LogP contribution >= 0.6 is 11.8 Å². The first-order valence-electron chi connectivity index (χ1n) is 6.88. The lowest BCUT2D eigenvalue weighted by molar-refractivity contribution is 0.217. The van der Waals surface area contributed by atoms with Crippen LogP contribution in [0.1, 0.15) is 5.56 Å². The summed E-state index contributed by atoms with van der Waals surface area (Å²) in [5.74, 6) is 2.06. The van der Waals surface area contributed by atoms with Gasteiger partial charge in [0.05, 0.1) is 5.69 Å². The molecule has 0 aromatic heterocycles. The molecule has 0 unspecified atom stereocenters. The first-order valence-corrected chi connectivity index (χ1v) is 8.03. The first kappa shape index (κ1) is 13.3. The standard InChI is InChI=1S/C16H18N2OS/c1-12-6-7-13-4-2-3-5-14(13)15(12)17-16(19)18-8-10-20-11-9-18/h2-7H,8-11H2,1H3,(H,17,19). The monoisotopic (exact) mass is 286 g/mol. The predicted octanol–water partition coefficient (Wildman–Crippen LogP) is 3.73. The van der Waals surface area contributed by atoms with Crippen LogP contribution in [0, 0.1) is 6.92 Å². The number of thioether (sulfide) groups is 1. The van der Waals surface area contributed by atoms with E-state index in [0.29, 0.717) is 0 Å². The van der Waals surface area contributed by atoms with E-state index in [1.165, 1.54) is 0 Å². The summed E-state index contributed by atoms with van der Waals surface area (Å²) in [7, 11) is 0. The second-order valence-corrected chi connectivity index (χ2v) is 6.23. The second kappa shape index (κ2) is 5.75. The summed E-state index contributed by atoms with van der Waals surface area (Å²) in [4.78, 5) is 14.3. The molecule has 1 fully saturated rings. The van der Waals surface area contributed by atoms with Gasteiger partial charge in [0.1, 0.15) is 0 Å². The van der Waals surface area contributed by atoms with Gasteiger partial charge < -0.3 is 10.2 Å². The van der Waals surface area contributed by atoms with Gasteiger partial charge in [-0.25, -0.2) is 4.79 Å². The van der Waals surface area contributed by atoms with E-state index in [2.05, 4.69) is 29.6 Å². The fourth-order valence-corrected chi connectivity index (χ4v) is 3.40. The molecule has 2 aromatic rings. The lowest BCUT2D eigenvalue weighted by Gasteiger charge is -2.27. The van der Waals surface area contributed by atoms with Crippen molar-refractivity contribution in [3.05, 3.63) is 42.0 Å². The van der Waals surface area contributed by atoms with Crippen molar-refractivity contribution in [1.82, 2.24) is 4.90 Å². The molecule has 2 aromatic carbocycles. The van der Waals surface area contributed by atoms with Gasteiger partial charge in [0, 0.05) is 30.0 Å². The Morgan fingerprint density at radius 1 is 1.15 bits per heavy atom. The Morgan fingerprint density at radius 2 is 1.90 bits per heavy atom. The van der Waals surface area contributed by atoms with E-state index in [4.69, 9.17) is 0 Å². The molecule has 4 heteroatoms. The van der Waals surface area contributed by atoms with Crippen molar-refractivity contribution in [2.45, 2.75) is 6.92 Å². The average molecular weight is 286 g/mol. The van der Waals surface area contributed by atoms with Crippen molar-refractivity contribution >= 4 is 34.3 Å². The molecule has 0 bridgehead atoms. The van der Waals surface area contributed by atoms with Crippen LogP contribution in [0.4, 0.5) is 10.5 Å². The van der Waals surface area contributed by atoms with Crippen LogP contribution in [0.15, 0.2) is 36.4 Å². The number of nitrogens with one attached hydrogen (secondary N) is 1. The maximum absolute atomic E-state index is 12.4. The minimum atomic E-state index is 0.0183. The largest absolute Gasteiger partial charge is 0.323 e. The van der Waals surface area contributed by atoms with E-state index in [1.54, 1.807) is 0 Å². The maximum atomic E-state index is 12.4. The highest BCUT2D eigenvalue weighted by Gasteiger charge is 2.18. The molecule has 3 nitrogen and oxygen atoms in total. The summed E-state index contributed by atoms with van der Waals surface area (Å²) in [5, 5.41) is 5.36. The molecule has 0 radical (unpaired) electrons. The molecular weight excluding hydrogens is 268 g/mol. The summed E-state index contributed by atoms with van der Waals surface area (Å²) in [6, 6.07) is 12.3. The van der Waals surface area contributed by atoms with Crippen molar-refractivity contribution in [3.63, 3.8) is 0 Å². The van der Waals surface area contributed by atoms with Crippen molar-refractivity contribution in [2.24, 2.45) is 0 Å². The number of carbonyl (C=O) groups excluding carboxylic acids is 1. The van der Waals surface area contributed by atoms with E-state index in [1.807, 2.05) is 35.7 Å². The van der Waals surface area contributed by atoms with Gasteiger partial charge in [0.15, 0.2) is 0 Å². The minimum Gasteiger partial charge on any atom is -0.323 e. The number of amides is 2. The van der Waals surface area contributed by atoms with Gasteiger partial charge in [-0.05, 0) is 17.9 Å². The summed E-state index contributed by atoms with van der Waals surface area (Å²) in [5.41, 5.74) is 2.04. The Kier molecular flexibility index (Phi) is 3.83. The number of hydrogen-bond donors (Lipinski definition) is 1. The van der Waals surface area contributed by atoms with Crippen LogP contribution in [0.2, 0.25) is 0 Å². The Morgan fingerprint density at radius 3 is 2.70 bits per heavy atom. The third-order valence-electron chi connectivity index (χ3n) is 3.67. The normalized spacial score (nSPS) is 15.3. The van der Waals surface area contributed by atoms with Crippen LogP contribution < -0.4 is 5.32 Å². The third kappa shape index (κ3) is 2.61. The SMILES string of the molecule is Cc1ccc2ccccc2c1NC(=O)N1CCSCC1. The van der Waals surface area contributed by atoms with Gasteiger partial charge in [-0.2, -0.15) is 11.8 Å². The number of aryl methyl sites for hydroxylation is 1. The molecule has 20 heavy (non-hydrogen) atoms. The number of rotatable bonds is 1. The smallest absolute Gasteiger partial charge is 0.321 e. The fraction of sp³-hybridized carbons (Fsp3) is 0.312. The minimum absolute atomic E-state index is 0.0183. The molecule has 0 atom stereocenters. The molecule has 1 saturated heterocycles. The zero-order chi connectivity index (χ0) is 13.9. The maximum Gasteiger partial charge on any atom is 0.321 e. The number of carbonyl (C=O) groups is 1. The highest BCUT2D eigenvalue weighted by molar-refractivity contribution is 7.99. The average Bonchev–Trinajstić information content (AvgIpc) is 2.51. The number of benzene rings is 2. The second-order valence-electron chi connectivity index (χ2n) is 5.01. The van der Waals surface area contributed by atoms with Crippen LogP contribution in [-0.2, 0) is 0 Å². The zero-order valence-electron chi connectivity index (χ0n) is 11.6. The van der Waals surface area contributed by atoms with Crippen LogP contribution in [0.5, 0.6) is 0 Å². The number of hydrogen-bond acceptors (Lipinski definition) is 2. The molecular formula is C16H18N2OS. The molecule has 104 valence electrons. The van der Waals surface area contributed by atoms with Crippen molar-refractivity contribution < 1.29 is 4.79 Å². The molecule has 1 heterocycles. The predicted molar refractivity (Wildman–Crippen MR) is 86.6 cm³/mol. The van der Waals surface area contributed by atoms with Crippen molar-refractivity contribution in [2.75, 3.05) is 29.9 Å². The van der Waals surface area contributed by atoms with Crippen molar-refractivity contribution in [1.29, 1.82) is 0 Å². The number of nitrogens with zero attached hydrogens (tertiary/aromatic N) is 1. The van der Waals surface area contributed by atoms with Crippen molar-refractivity contribution in [3.8, 4) is 0 Å². The topological polar surface area (TPSA) is 32.3 Å². The first-order chi connectivity index (χ1) is 9.75. The Labute approximate surface area is 123 Å². The van der Waals surface area contributed by atoms with E-state index in [9.17, 15) is 4.79 Å². The van der Waals surface area contributed by atoms with E-state index < -0.39 is 0 Å². The van der Waals surface area contributed by atoms with Crippen LogP contribution in [0.3, 0.4) is 0 Å². The molecule has 0 spiro atoms. The number of anilines is 1. The van der Waals surface area contributed by atoms with Gasteiger partial charge in [-0.15, -0.1) is 0 Å². The summed E-state index contributed by atoms with van der Waals surface area (Å²) < 4.78 is 0. The molecule has 3 rings (SSSR count). The molecule has 2 amide bonds. The highest BCUT2D eigenvalue weighted by atomic mass is 32.2. The van der Waals surface area contributed by atoms with Gasteiger partial charge in [-0.1, -0.05) is 36.4 Å². The summed E-state index contributed by atoms with van der Waals surface area (Å²) in [6.07, 6.45) is 0. The van der Waals surface area contributed by atoms with E-state index in [0.717, 1.165) is 46.6 Å². The van der Waals surface area contributed by atoms with E-state index in [-0.39, 0.29) is 6.03 Å². The summed E-state index contributed by atoms with van der Waals surface area (Å²) in [6.45, 7) is 3.70. The number of fused-ring (bicyclic) bond motifs is 1. The molecule has 1 N–H and O–H groups in total. The molecule has 0 saturated carbocycles. The molecule has 1 aliphatic heterocycles. The van der Waals surface area contributed by atoms with Gasteiger partial charge in [0.2, 0.25) is 0 Å². The Hall–Kier alpha value is -1.68. The molecule has 0 aliphatic carbocycles. The molecule has 1 aliphatic rings. The highest BCUT2D eigenvalue weighted by Crippen LogP contribution is 2.27. The van der Waals surface area contributed by atoms with Gasteiger partial charge in [-0.3, -0.25) is 0 Å². The summed E-state index contributed by atoms with van der Waals surface area (Å²) >= 11 is 1.91. The van der Waals surface area contributed by atoms with Crippen LogP contribution in [0.25, 0.3) is 10.8 Å². The van der Waals surface area contributed by atoms with Gasteiger partial charge >= 0.3 is 6.03 Å².